The van der Waals surface area contributed by atoms with Gasteiger partial charge in [-0.3, -0.25) is 9.59 Å². The zero-order valence-corrected chi connectivity index (χ0v) is 13.0. The molecule has 0 bridgehead atoms. The van der Waals surface area contributed by atoms with Gasteiger partial charge in [0.2, 0.25) is 0 Å². The van der Waals surface area contributed by atoms with Crippen LogP contribution in [0.15, 0.2) is 16.6 Å². The van der Waals surface area contributed by atoms with E-state index in [-0.39, 0.29) is 17.3 Å². The Balaban J connectivity index is 3.06. The normalized spacial score (nSPS) is 10.3. The summed E-state index contributed by atoms with van der Waals surface area (Å²) in [6.45, 7) is 0.709. The number of halogens is 3. The van der Waals surface area contributed by atoms with E-state index < -0.39 is 5.91 Å². The number of pyridine rings is 1. The predicted octanol–water partition coefficient (Wildman–Crippen LogP) is 1.86. The van der Waals surface area contributed by atoms with Crippen LogP contribution in [0.4, 0.5) is 0 Å². The van der Waals surface area contributed by atoms with Crippen LogP contribution < -0.4 is 5.73 Å². The molecule has 0 fully saturated rings. The lowest BCUT2D eigenvalue weighted by Gasteiger charge is -2.20. The van der Waals surface area contributed by atoms with Crippen LogP contribution in [0.3, 0.4) is 0 Å². The Kier molecular flexibility index (Phi) is 6.54. The van der Waals surface area contributed by atoms with Gasteiger partial charge in [0, 0.05) is 29.3 Å². The largest absolute Gasteiger partial charge is 0.364 e. The van der Waals surface area contributed by atoms with Gasteiger partial charge in [-0.05, 0) is 12.1 Å². The third-order valence-electron chi connectivity index (χ3n) is 2.26. The average molecular weight is 369 g/mol. The lowest BCUT2D eigenvalue weighted by atomic mass is 10.2. The lowest BCUT2D eigenvalue weighted by Crippen LogP contribution is -2.35. The van der Waals surface area contributed by atoms with Crippen LogP contribution >= 0.6 is 39.1 Å². The number of hydrogen-bond acceptors (Lipinski definition) is 3. The second kappa shape index (κ2) is 7.67. The van der Waals surface area contributed by atoms with Crippen molar-refractivity contribution < 1.29 is 9.59 Å². The lowest BCUT2D eigenvalue weighted by molar-refractivity contribution is 0.0769. The molecule has 0 saturated carbocycles. The monoisotopic (exact) mass is 367 g/mol. The van der Waals surface area contributed by atoms with Crippen molar-refractivity contribution >= 4 is 50.9 Å². The smallest absolute Gasteiger partial charge is 0.272 e. The highest BCUT2D eigenvalue weighted by molar-refractivity contribution is 9.10. The molecule has 0 unspecified atom stereocenters. The first-order valence-corrected chi connectivity index (χ1v) is 7.24. The quantitative estimate of drug-likeness (QED) is 0.778. The Morgan fingerprint density at radius 2 is 1.74 bits per heavy atom. The molecule has 8 heteroatoms. The minimum absolute atomic E-state index is 0.0226. The van der Waals surface area contributed by atoms with Crippen LogP contribution in [-0.4, -0.2) is 46.5 Å². The number of primary amides is 1. The van der Waals surface area contributed by atoms with E-state index in [9.17, 15) is 9.59 Å². The van der Waals surface area contributed by atoms with E-state index in [1.54, 1.807) is 0 Å². The number of hydrogen-bond donors (Lipinski definition) is 1. The highest BCUT2D eigenvalue weighted by Crippen LogP contribution is 2.14. The molecule has 0 aliphatic carbocycles. The van der Waals surface area contributed by atoms with Crippen LogP contribution in [-0.2, 0) is 0 Å². The van der Waals surface area contributed by atoms with Crippen molar-refractivity contribution in [3.05, 3.63) is 28.0 Å². The Labute approximate surface area is 129 Å². The first kappa shape index (κ1) is 16.2. The summed E-state index contributed by atoms with van der Waals surface area (Å²) < 4.78 is 0.552. The Morgan fingerprint density at radius 1 is 1.21 bits per heavy atom. The topological polar surface area (TPSA) is 76.3 Å². The molecular weight excluding hydrogens is 357 g/mol. The molecule has 19 heavy (non-hydrogen) atoms. The van der Waals surface area contributed by atoms with Crippen molar-refractivity contribution in [1.82, 2.24) is 9.88 Å². The third kappa shape index (κ3) is 4.63. The van der Waals surface area contributed by atoms with Gasteiger partial charge in [0.25, 0.3) is 11.8 Å². The van der Waals surface area contributed by atoms with Crippen LogP contribution in [0.1, 0.15) is 21.0 Å². The van der Waals surface area contributed by atoms with Crippen molar-refractivity contribution in [3.8, 4) is 0 Å². The van der Waals surface area contributed by atoms with E-state index in [4.69, 9.17) is 28.9 Å². The molecule has 0 aliphatic rings. The summed E-state index contributed by atoms with van der Waals surface area (Å²) >= 11 is 14.5. The maximum absolute atomic E-state index is 12.2. The Morgan fingerprint density at radius 3 is 2.21 bits per heavy atom. The fourth-order valence-corrected chi connectivity index (χ4v) is 2.26. The van der Waals surface area contributed by atoms with Crippen LogP contribution in [0.25, 0.3) is 0 Å². The molecule has 0 spiro atoms. The molecule has 2 amide bonds. The van der Waals surface area contributed by atoms with Gasteiger partial charge in [0.15, 0.2) is 0 Å². The number of rotatable bonds is 6. The van der Waals surface area contributed by atoms with E-state index in [2.05, 4.69) is 20.9 Å². The maximum atomic E-state index is 12.2. The summed E-state index contributed by atoms with van der Waals surface area (Å²) in [6.07, 6.45) is 0. The van der Waals surface area contributed by atoms with E-state index in [0.717, 1.165) is 0 Å². The van der Waals surface area contributed by atoms with Gasteiger partial charge in [0.05, 0.1) is 0 Å². The van der Waals surface area contributed by atoms with Gasteiger partial charge in [-0.1, -0.05) is 15.9 Å². The summed E-state index contributed by atoms with van der Waals surface area (Å²) in [5, 5.41) is 0. The van der Waals surface area contributed by atoms with Gasteiger partial charge in [-0.15, -0.1) is 23.2 Å². The third-order valence-corrected chi connectivity index (χ3v) is 3.05. The minimum atomic E-state index is -0.698. The van der Waals surface area contributed by atoms with Crippen molar-refractivity contribution in [3.63, 3.8) is 0 Å². The second-order valence-corrected chi connectivity index (χ2v) is 5.26. The summed E-state index contributed by atoms with van der Waals surface area (Å²) in [6, 6.07) is 2.97. The number of amides is 2. The van der Waals surface area contributed by atoms with Gasteiger partial charge in [-0.25, -0.2) is 4.98 Å². The molecule has 1 heterocycles. The number of nitrogens with two attached hydrogens (primary N) is 1. The molecule has 5 nitrogen and oxygen atoms in total. The van der Waals surface area contributed by atoms with E-state index in [1.165, 1.54) is 17.0 Å². The zero-order valence-electron chi connectivity index (χ0n) is 9.91. The highest BCUT2D eigenvalue weighted by Gasteiger charge is 2.18. The molecule has 1 rings (SSSR count). The molecule has 0 saturated heterocycles. The molecule has 1 aromatic heterocycles. The second-order valence-electron chi connectivity index (χ2n) is 3.59. The van der Waals surface area contributed by atoms with E-state index >= 15 is 0 Å². The van der Waals surface area contributed by atoms with Crippen molar-refractivity contribution in [1.29, 1.82) is 0 Å². The highest BCUT2D eigenvalue weighted by atomic mass is 79.9. The molecule has 0 aromatic carbocycles. The number of carbonyl (C=O) groups is 2. The molecular formula is C11H12BrCl2N3O2. The molecule has 0 atom stereocenters. The van der Waals surface area contributed by atoms with Crippen molar-refractivity contribution in [2.24, 2.45) is 5.73 Å². The standard InChI is InChI=1S/C11H12BrCl2N3O2/c12-7-5-8(10(15)18)16-9(6-7)11(19)17(3-1-13)4-2-14/h5-6H,1-4H2,(H2,15,18). The fraction of sp³-hybridized carbons (Fsp3) is 0.364. The molecule has 0 radical (unpaired) electrons. The van der Waals surface area contributed by atoms with Gasteiger partial charge in [-0.2, -0.15) is 0 Å². The average Bonchev–Trinajstić information content (AvgIpc) is 2.37. The van der Waals surface area contributed by atoms with E-state index in [0.29, 0.717) is 29.3 Å². The van der Waals surface area contributed by atoms with Crippen LogP contribution in [0.5, 0.6) is 0 Å². The summed E-state index contributed by atoms with van der Waals surface area (Å²) in [5.41, 5.74) is 5.30. The van der Waals surface area contributed by atoms with E-state index in [1.807, 2.05) is 0 Å². The maximum Gasteiger partial charge on any atom is 0.272 e. The zero-order chi connectivity index (χ0) is 14.4. The molecule has 104 valence electrons. The summed E-state index contributed by atoms with van der Waals surface area (Å²) in [5.74, 6) is -0.458. The van der Waals surface area contributed by atoms with Crippen LogP contribution in [0.2, 0.25) is 0 Å². The number of alkyl halides is 2. The van der Waals surface area contributed by atoms with Gasteiger partial charge in [0.1, 0.15) is 11.4 Å². The minimum Gasteiger partial charge on any atom is -0.364 e. The molecule has 2 N–H and O–H groups in total. The number of aromatic nitrogens is 1. The predicted molar refractivity (Wildman–Crippen MR) is 77.8 cm³/mol. The molecule has 0 aliphatic heterocycles. The number of carbonyl (C=O) groups excluding carboxylic acids is 2. The van der Waals surface area contributed by atoms with Gasteiger partial charge >= 0.3 is 0 Å². The fourth-order valence-electron chi connectivity index (χ4n) is 1.41. The first-order valence-electron chi connectivity index (χ1n) is 5.38. The van der Waals surface area contributed by atoms with Crippen molar-refractivity contribution in [2.75, 3.05) is 24.8 Å². The Hall–Kier alpha value is -0.850. The Bertz CT molecular complexity index is 479. The van der Waals surface area contributed by atoms with Crippen LogP contribution in [0, 0.1) is 0 Å². The van der Waals surface area contributed by atoms with Crippen molar-refractivity contribution in [2.45, 2.75) is 0 Å². The summed E-state index contributed by atoms with van der Waals surface area (Å²) in [7, 11) is 0. The molecule has 1 aromatic rings. The summed E-state index contributed by atoms with van der Waals surface area (Å²) in [4.78, 5) is 28.8. The van der Waals surface area contributed by atoms with Gasteiger partial charge < -0.3 is 10.6 Å². The number of nitrogens with zero attached hydrogens (tertiary/aromatic N) is 2. The SMILES string of the molecule is NC(=O)c1cc(Br)cc(C(=O)N(CCCl)CCCl)n1. The first-order chi connectivity index (χ1) is 8.99.